The molecule has 0 spiro atoms. The predicted molar refractivity (Wildman–Crippen MR) is 78.2 cm³/mol. The van der Waals surface area contributed by atoms with Crippen LogP contribution in [0.1, 0.15) is 0 Å². The van der Waals surface area contributed by atoms with Gasteiger partial charge in [0.1, 0.15) is 5.01 Å². The quantitative estimate of drug-likeness (QED) is 0.505. The smallest absolute Gasteiger partial charge is 0.143 e. The minimum absolute atomic E-state index is 0.960. The first-order valence-electron chi connectivity index (χ1n) is 5.60. The van der Waals surface area contributed by atoms with Gasteiger partial charge in [-0.1, -0.05) is 12.1 Å². The Morgan fingerprint density at radius 3 is 2.61 bits per heavy atom. The van der Waals surface area contributed by atoms with Gasteiger partial charge in [0.15, 0.2) is 0 Å². The number of para-hydroxylation sites is 1. The molecule has 0 bridgehead atoms. The Bertz CT molecular complexity index is 812. The van der Waals surface area contributed by atoms with E-state index in [2.05, 4.69) is 39.6 Å². The van der Waals surface area contributed by atoms with Crippen molar-refractivity contribution in [3.63, 3.8) is 0 Å². The van der Waals surface area contributed by atoms with Crippen molar-refractivity contribution in [3.05, 3.63) is 47.8 Å². The number of hydrogen-bond donors (Lipinski definition) is 0. The third-order valence-electron chi connectivity index (χ3n) is 2.82. The van der Waals surface area contributed by atoms with Crippen LogP contribution < -0.4 is 0 Å². The summed E-state index contributed by atoms with van der Waals surface area (Å²) in [4.78, 5) is 9.29. The van der Waals surface area contributed by atoms with Gasteiger partial charge < -0.3 is 0 Å². The predicted octanol–water partition coefficient (Wildman–Crippen LogP) is 4.57. The molecule has 3 heterocycles. The van der Waals surface area contributed by atoms with Crippen LogP contribution in [0.2, 0.25) is 0 Å². The molecule has 0 saturated heterocycles. The van der Waals surface area contributed by atoms with E-state index in [1.165, 1.54) is 9.40 Å². The zero-order valence-corrected chi connectivity index (χ0v) is 11.0. The number of pyridine rings is 1. The zero-order chi connectivity index (χ0) is 11.9. The molecule has 0 radical (unpaired) electrons. The first-order valence-corrected chi connectivity index (χ1v) is 7.30. The lowest BCUT2D eigenvalue weighted by molar-refractivity contribution is 1.37. The van der Waals surface area contributed by atoms with Crippen molar-refractivity contribution in [2.24, 2.45) is 0 Å². The van der Waals surface area contributed by atoms with Gasteiger partial charge in [-0.15, -0.1) is 22.7 Å². The summed E-state index contributed by atoms with van der Waals surface area (Å²) in [6.07, 6.45) is 0. The molecule has 86 valence electrons. The van der Waals surface area contributed by atoms with E-state index in [1.54, 1.807) is 22.7 Å². The molecule has 4 heteroatoms. The van der Waals surface area contributed by atoms with Crippen molar-refractivity contribution < 1.29 is 0 Å². The van der Waals surface area contributed by atoms with E-state index in [4.69, 9.17) is 0 Å². The first kappa shape index (κ1) is 10.2. The number of aromatic nitrogens is 2. The van der Waals surface area contributed by atoms with Crippen LogP contribution in [-0.4, -0.2) is 9.97 Å². The van der Waals surface area contributed by atoms with E-state index in [0.29, 0.717) is 0 Å². The summed E-state index contributed by atoms with van der Waals surface area (Å²) in [5.41, 5.74) is 3.06. The summed E-state index contributed by atoms with van der Waals surface area (Å²) < 4.78 is 2.43. The normalized spacial score (nSPS) is 11.3. The Morgan fingerprint density at radius 2 is 1.67 bits per heavy atom. The molecule has 0 aliphatic carbocycles. The molecule has 0 N–H and O–H groups in total. The number of benzene rings is 1. The van der Waals surface area contributed by atoms with E-state index < -0.39 is 0 Å². The molecule has 4 aromatic rings. The molecule has 0 fully saturated rings. The lowest BCUT2D eigenvalue weighted by atomic mass is 10.3. The van der Waals surface area contributed by atoms with Crippen molar-refractivity contribution in [2.45, 2.75) is 0 Å². The van der Waals surface area contributed by atoms with Crippen LogP contribution in [0.15, 0.2) is 47.8 Å². The second-order valence-electron chi connectivity index (χ2n) is 3.99. The van der Waals surface area contributed by atoms with Gasteiger partial charge in [0.25, 0.3) is 0 Å². The van der Waals surface area contributed by atoms with Crippen LogP contribution in [-0.2, 0) is 0 Å². The van der Waals surface area contributed by atoms with Crippen molar-refractivity contribution in [3.8, 4) is 10.7 Å². The Labute approximate surface area is 112 Å². The van der Waals surface area contributed by atoms with E-state index in [0.717, 1.165) is 21.7 Å². The number of nitrogens with zero attached hydrogens (tertiary/aromatic N) is 2. The largest absolute Gasteiger partial charge is 0.244 e. The lowest BCUT2D eigenvalue weighted by Gasteiger charge is -1.94. The first-order chi connectivity index (χ1) is 8.90. The SMILES string of the molecule is c1ccc2sc(-c3ccc4sccc4n3)nc2c1. The molecule has 0 aliphatic heterocycles. The molecule has 0 amide bonds. The fourth-order valence-corrected chi connectivity index (χ4v) is 3.61. The molecule has 3 aromatic heterocycles. The molecule has 2 nitrogen and oxygen atoms in total. The maximum absolute atomic E-state index is 4.66. The Kier molecular flexibility index (Phi) is 2.18. The average Bonchev–Trinajstić information content (AvgIpc) is 3.04. The van der Waals surface area contributed by atoms with Crippen molar-refractivity contribution in [1.29, 1.82) is 0 Å². The lowest BCUT2D eigenvalue weighted by Crippen LogP contribution is -1.81. The number of rotatable bonds is 1. The van der Waals surface area contributed by atoms with E-state index in [9.17, 15) is 0 Å². The summed E-state index contributed by atoms with van der Waals surface area (Å²) >= 11 is 3.41. The Balaban J connectivity index is 1.94. The Hall–Kier alpha value is -1.78. The van der Waals surface area contributed by atoms with Gasteiger partial charge in [0, 0.05) is 0 Å². The number of fused-ring (bicyclic) bond motifs is 2. The van der Waals surface area contributed by atoms with Gasteiger partial charge in [-0.05, 0) is 35.7 Å². The number of thiophene rings is 1. The molecule has 0 atom stereocenters. The molecular weight excluding hydrogens is 260 g/mol. The van der Waals surface area contributed by atoms with Gasteiger partial charge in [0.05, 0.1) is 26.1 Å². The molecule has 0 aliphatic rings. The summed E-state index contributed by atoms with van der Waals surface area (Å²) in [7, 11) is 0. The fraction of sp³-hybridized carbons (Fsp3) is 0. The van der Waals surface area contributed by atoms with Crippen LogP contribution >= 0.6 is 22.7 Å². The van der Waals surface area contributed by atoms with E-state index in [-0.39, 0.29) is 0 Å². The second kappa shape index (κ2) is 3.86. The average molecular weight is 268 g/mol. The van der Waals surface area contributed by atoms with Crippen LogP contribution in [0, 0.1) is 0 Å². The van der Waals surface area contributed by atoms with Crippen molar-refractivity contribution in [1.82, 2.24) is 9.97 Å². The van der Waals surface area contributed by atoms with Crippen molar-refractivity contribution in [2.75, 3.05) is 0 Å². The van der Waals surface area contributed by atoms with Crippen LogP contribution in [0.5, 0.6) is 0 Å². The highest BCUT2D eigenvalue weighted by molar-refractivity contribution is 7.21. The minimum Gasteiger partial charge on any atom is -0.244 e. The van der Waals surface area contributed by atoms with Gasteiger partial charge >= 0.3 is 0 Å². The number of thiazole rings is 1. The summed E-state index contributed by atoms with van der Waals surface area (Å²) in [5, 5.41) is 3.06. The van der Waals surface area contributed by atoms with Crippen molar-refractivity contribution >= 4 is 43.1 Å². The monoisotopic (exact) mass is 268 g/mol. The van der Waals surface area contributed by atoms with Crippen LogP contribution in [0.4, 0.5) is 0 Å². The van der Waals surface area contributed by atoms with Gasteiger partial charge in [-0.2, -0.15) is 0 Å². The topological polar surface area (TPSA) is 25.8 Å². The highest BCUT2D eigenvalue weighted by atomic mass is 32.1. The molecule has 4 rings (SSSR count). The van der Waals surface area contributed by atoms with E-state index in [1.807, 2.05) is 18.2 Å². The number of hydrogen-bond acceptors (Lipinski definition) is 4. The summed E-state index contributed by atoms with van der Waals surface area (Å²) in [6, 6.07) is 14.4. The van der Waals surface area contributed by atoms with E-state index >= 15 is 0 Å². The second-order valence-corrected chi connectivity index (χ2v) is 5.97. The molecule has 18 heavy (non-hydrogen) atoms. The summed E-state index contributed by atoms with van der Waals surface area (Å²) in [5.74, 6) is 0. The van der Waals surface area contributed by atoms with Crippen LogP contribution in [0.3, 0.4) is 0 Å². The highest BCUT2D eigenvalue weighted by Gasteiger charge is 2.08. The third-order valence-corrected chi connectivity index (χ3v) is 4.75. The molecule has 1 aromatic carbocycles. The molecular formula is C14H8N2S2. The summed E-state index contributed by atoms with van der Waals surface area (Å²) in [6.45, 7) is 0. The molecule has 0 saturated carbocycles. The van der Waals surface area contributed by atoms with Gasteiger partial charge in [-0.25, -0.2) is 9.97 Å². The maximum Gasteiger partial charge on any atom is 0.143 e. The van der Waals surface area contributed by atoms with Gasteiger partial charge in [0.2, 0.25) is 0 Å². The standard InChI is InChI=1S/C14H8N2S2/c1-2-4-13-9(3-1)16-14(18-13)11-5-6-12-10(15-11)7-8-17-12/h1-8H. The highest BCUT2D eigenvalue weighted by Crippen LogP contribution is 2.30. The van der Waals surface area contributed by atoms with Crippen LogP contribution in [0.25, 0.3) is 31.1 Å². The molecule has 0 unspecified atom stereocenters. The Morgan fingerprint density at radius 1 is 0.778 bits per heavy atom. The maximum atomic E-state index is 4.66. The minimum atomic E-state index is 0.960. The third kappa shape index (κ3) is 1.54. The van der Waals surface area contributed by atoms with Gasteiger partial charge in [-0.3, -0.25) is 0 Å². The zero-order valence-electron chi connectivity index (χ0n) is 9.33. The fourth-order valence-electron chi connectivity index (χ4n) is 1.95.